The predicted molar refractivity (Wildman–Crippen MR) is 169 cm³/mol. The number of aromatic amines is 1. The molecule has 7 rings (SSSR count). The second-order valence-corrected chi connectivity index (χ2v) is 10.8. The Bertz CT molecular complexity index is 2090. The Balaban J connectivity index is 1.14. The molecule has 1 fully saturated rings. The Hall–Kier alpha value is -6.00. The summed E-state index contributed by atoms with van der Waals surface area (Å²) in [5.74, 6) is 1.52. The number of fused-ring (bicyclic) bond motifs is 1. The highest BCUT2D eigenvalue weighted by Gasteiger charge is 2.22. The zero-order valence-corrected chi connectivity index (χ0v) is 24.1. The fourth-order valence-electron chi connectivity index (χ4n) is 5.61. The molecule has 0 amide bonds. The summed E-state index contributed by atoms with van der Waals surface area (Å²) in [5.41, 5.74) is 11.1. The molecule has 0 unspecified atom stereocenters. The molecule has 0 atom stereocenters. The van der Waals surface area contributed by atoms with E-state index < -0.39 is 0 Å². The molecule has 0 aliphatic carbocycles. The second kappa shape index (κ2) is 11.9. The van der Waals surface area contributed by atoms with Crippen molar-refractivity contribution in [3.63, 3.8) is 0 Å². The first kappa shape index (κ1) is 27.8. The molecule has 1 aliphatic rings. The van der Waals surface area contributed by atoms with E-state index in [4.69, 9.17) is 21.0 Å². The van der Waals surface area contributed by atoms with Crippen molar-refractivity contribution in [1.29, 1.82) is 5.26 Å². The van der Waals surface area contributed by atoms with Gasteiger partial charge in [0.15, 0.2) is 11.5 Å². The lowest BCUT2D eigenvalue weighted by Gasteiger charge is -2.32. The van der Waals surface area contributed by atoms with E-state index in [0.717, 1.165) is 38.2 Å². The predicted octanol–water partition coefficient (Wildman–Crippen LogP) is 3.55. The Morgan fingerprint density at radius 3 is 2.56 bits per heavy atom. The number of aromatic nitrogens is 8. The summed E-state index contributed by atoms with van der Waals surface area (Å²) in [6, 6.07) is 21.4. The molecule has 1 aromatic carbocycles. The van der Waals surface area contributed by atoms with Crippen LogP contribution < -0.4 is 16.6 Å². The number of hydrogen-bond donors (Lipinski definition) is 3. The van der Waals surface area contributed by atoms with Gasteiger partial charge in [0.25, 0.3) is 5.56 Å². The van der Waals surface area contributed by atoms with E-state index in [1.165, 1.54) is 11.9 Å². The van der Waals surface area contributed by atoms with Crippen LogP contribution in [-0.4, -0.2) is 63.5 Å². The third-order valence-electron chi connectivity index (χ3n) is 7.87. The number of nitrogen functional groups attached to an aromatic ring is 1. The third kappa shape index (κ3) is 5.69. The zero-order valence-electron chi connectivity index (χ0n) is 24.1. The van der Waals surface area contributed by atoms with Crippen LogP contribution in [0.2, 0.25) is 0 Å². The van der Waals surface area contributed by atoms with Gasteiger partial charge in [-0.05, 0) is 66.9 Å². The Morgan fingerprint density at radius 1 is 0.956 bits per heavy atom. The van der Waals surface area contributed by atoms with Crippen molar-refractivity contribution in [1.82, 2.24) is 44.4 Å². The average Bonchev–Trinajstić information content (AvgIpc) is 3.45. The molecule has 13 nitrogen and oxygen atoms in total. The van der Waals surface area contributed by atoms with Crippen molar-refractivity contribution in [3.05, 3.63) is 101 Å². The van der Waals surface area contributed by atoms with Crippen LogP contribution in [0.3, 0.4) is 0 Å². The van der Waals surface area contributed by atoms with Gasteiger partial charge in [-0.2, -0.15) is 10.2 Å². The highest BCUT2D eigenvalue weighted by molar-refractivity contribution is 5.84. The smallest absolute Gasteiger partial charge is 0.257 e. The number of anilines is 2. The zero-order chi connectivity index (χ0) is 30.8. The molecule has 6 aromatic rings. The quantitative estimate of drug-likeness (QED) is 0.245. The van der Waals surface area contributed by atoms with Gasteiger partial charge in [0.05, 0.1) is 16.8 Å². The van der Waals surface area contributed by atoms with Crippen molar-refractivity contribution in [3.8, 4) is 34.4 Å². The van der Waals surface area contributed by atoms with E-state index in [1.54, 1.807) is 30.6 Å². The summed E-state index contributed by atoms with van der Waals surface area (Å²) in [6.07, 6.45) is 6.46. The summed E-state index contributed by atoms with van der Waals surface area (Å²) in [5, 5.41) is 12.4. The number of pyridine rings is 3. The van der Waals surface area contributed by atoms with E-state index in [2.05, 4.69) is 59.4 Å². The van der Waals surface area contributed by atoms with Gasteiger partial charge in [0.2, 0.25) is 11.8 Å². The number of imidazole rings is 1. The number of nitrogens with one attached hydrogen (secondary N) is 2. The number of hydrogen-bond acceptors (Lipinski definition) is 11. The summed E-state index contributed by atoms with van der Waals surface area (Å²) < 4.78 is 1.96. The van der Waals surface area contributed by atoms with Crippen LogP contribution in [0.15, 0.2) is 84.2 Å². The molecule has 45 heavy (non-hydrogen) atoms. The number of piperidine rings is 1. The first-order valence-electron chi connectivity index (χ1n) is 14.5. The van der Waals surface area contributed by atoms with Crippen LogP contribution in [0.5, 0.6) is 0 Å². The largest absolute Gasteiger partial charge is 0.383 e. The molecule has 0 saturated carbocycles. The summed E-state index contributed by atoms with van der Waals surface area (Å²) in [4.78, 5) is 43.8. The van der Waals surface area contributed by atoms with Crippen molar-refractivity contribution in [2.75, 3.05) is 24.1 Å². The lowest BCUT2D eigenvalue weighted by Crippen LogP contribution is -2.39. The van der Waals surface area contributed by atoms with Gasteiger partial charge in [0, 0.05) is 43.8 Å². The highest BCUT2D eigenvalue weighted by atomic mass is 16.1. The van der Waals surface area contributed by atoms with E-state index in [0.29, 0.717) is 45.6 Å². The lowest BCUT2D eigenvalue weighted by molar-refractivity contribution is 0.211. The highest BCUT2D eigenvalue weighted by Crippen LogP contribution is 2.31. The maximum absolute atomic E-state index is 12.5. The van der Waals surface area contributed by atoms with Crippen LogP contribution in [0, 0.1) is 11.3 Å². The lowest BCUT2D eigenvalue weighted by atomic mass is 10.0. The number of likely N-dealkylation sites (tertiary alicyclic amines) is 1. The monoisotopic (exact) mass is 596 g/mol. The molecule has 13 heteroatoms. The van der Waals surface area contributed by atoms with Crippen LogP contribution in [0.25, 0.3) is 39.5 Å². The van der Waals surface area contributed by atoms with Gasteiger partial charge in [-0.3, -0.25) is 14.3 Å². The summed E-state index contributed by atoms with van der Waals surface area (Å²) in [7, 11) is 0. The van der Waals surface area contributed by atoms with Gasteiger partial charge in [-0.1, -0.05) is 12.1 Å². The van der Waals surface area contributed by atoms with Crippen LogP contribution >= 0.6 is 0 Å². The molecular formula is C32H28N12O. The van der Waals surface area contributed by atoms with Crippen LogP contribution in [-0.2, 0) is 6.54 Å². The van der Waals surface area contributed by atoms with Gasteiger partial charge in [-0.15, -0.1) is 0 Å². The van der Waals surface area contributed by atoms with E-state index in [1.807, 2.05) is 28.8 Å². The standard InChI is InChI=1S/C32H28N12O/c33-17-27-37-19-38-32(42-27)39-21-11-15-43(16-12-21)18-20-5-7-22(8-6-20)44-29(24-4-2-13-35-28(24)34)41-26-10-9-25(40-30(26)44)23-3-1-14-36-31(23)45/h1-10,13-14,19,21H,11-12,15-16,18H2,(H2,34,35)(H,36,45)(H,37,38,39,42). The third-order valence-corrected chi connectivity index (χ3v) is 7.87. The normalized spacial score (nSPS) is 13.9. The molecule has 5 aromatic heterocycles. The minimum Gasteiger partial charge on any atom is -0.383 e. The van der Waals surface area contributed by atoms with Crippen molar-refractivity contribution in [2.24, 2.45) is 0 Å². The molecule has 1 saturated heterocycles. The molecule has 1 aliphatic heterocycles. The first-order valence-corrected chi connectivity index (χ1v) is 14.5. The number of rotatable bonds is 7. The van der Waals surface area contributed by atoms with Gasteiger partial charge < -0.3 is 16.0 Å². The minimum atomic E-state index is -0.213. The maximum Gasteiger partial charge on any atom is 0.257 e. The second-order valence-electron chi connectivity index (χ2n) is 10.8. The number of benzene rings is 1. The van der Waals surface area contributed by atoms with Crippen molar-refractivity contribution >= 4 is 22.9 Å². The van der Waals surface area contributed by atoms with E-state index in [-0.39, 0.29) is 17.4 Å². The summed E-state index contributed by atoms with van der Waals surface area (Å²) in [6.45, 7) is 2.64. The SMILES string of the molecule is N#Cc1ncnc(NC2CCN(Cc3ccc(-n4c(-c5cccnc5N)nc5ccc(-c6ccc[nH]c6=O)nc54)cc3)CC2)n1. The van der Waals surface area contributed by atoms with Crippen LogP contribution in [0.1, 0.15) is 24.2 Å². The van der Waals surface area contributed by atoms with E-state index >= 15 is 0 Å². The van der Waals surface area contributed by atoms with Crippen LogP contribution in [0.4, 0.5) is 11.8 Å². The molecule has 0 spiro atoms. The Labute approximate surface area is 257 Å². The first-order chi connectivity index (χ1) is 22.1. The number of H-pyrrole nitrogens is 1. The number of nitriles is 1. The van der Waals surface area contributed by atoms with Gasteiger partial charge >= 0.3 is 0 Å². The molecule has 6 heterocycles. The maximum atomic E-state index is 12.5. The molecule has 222 valence electrons. The minimum absolute atomic E-state index is 0.107. The Kier molecular flexibility index (Phi) is 7.38. The molecular weight excluding hydrogens is 568 g/mol. The van der Waals surface area contributed by atoms with Crippen molar-refractivity contribution in [2.45, 2.75) is 25.4 Å². The Morgan fingerprint density at radius 2 is 1.78 bits per heavy atom. The topological polar surface area (TPSA) is 180 Å². The number of nitrogens with zero attached hydrogens (tertiary/aromatic N) is 9. The fraction of sp³-hybridized carbons (Fsp3) is 0.188. The molecule has 0 bridgehead atoms. The molecule has 0 radical (unpaired) electrons. The van der Waals surface area contributed by atoms with Crippen molar-refractivity contribution < 1.29 is 0 Å². The number of nitrogens with two attached hydrogens (primary N) is 1. The fourth-order valence-corrected chi connectivity index (χ4v) is 5.61. The average molecular weight is 597 g/mol. The van der Waals surface area contributed by atoms with Gasteiger partial charge in [0.1, 0.15) is 23.7 Å². The van der Waals surface area contributed by atoms with Gasteiger partial charge in [-0.25, -0.2) is 24.9 Å². The van der Waals surface area contributed by atoms with E-state index in [9.17, 15) is 4.79 Å². The molecule has 4 N–H and O–H groups in total. The summed E-state index contributed by atoms with van der Waals surface area (Å²) >= 11 is 0.